The van der Waals surface area contributed by atoms with Gasteiger partial charge in [0.05, 0.1) is 17.7 Å². The summed E-state index contributed by atoms with van der Waals surface area (Å²) < 4.78 is 0. The Morgan fingerprint density at radius 1 is 1.47 bits per heavy atom. The highest BCUT2D eigenvalue weighted by atomic mass is 32.1. The molecular weight excluding hydrogens is 216 g/mol. The molecule has 0 bridgehead atoms. The van der Waals surface area contributed by atoms with Crippen LogP contribution in [-0.4, -0.2) is 22.0 Å². The van der Waals surface area contributed by atoms with Crippen molar-refractivity contribution in [1.29, 1.82) is 0 Å². The van der Waals surface area contributed by atoms with E-state index in [1.807, 2.05) is 5.38 Å². The third-order valence-corrected chi connectivity index (χ3v) is 2.38. The number of nitrogens with zero attached hydrogens (tertiary/aromatic N) is 1. The van der Waals surface area contributed by atoms with Crippen molar-refractivity contribution in [1.82, 2.24) is 10.3 Å². The maximum Gasteiger partial charge on any atom is 0.303 e. The van der Waals surface area contributed by atoms with Gasteiger partial charge in [-0.15, -0.1) is 11.3 Å². The molecule has 5 nitrogen and oxygen atoms in total. The number of aromatic nitrogens is 1. The van der Waals surface area contributed by atoms with Crippen LogP contribution in [0.2, 0.25) is 0 Å². The lowest BCUT2D eigenvalue weighted by atomic mass is 10.2. The summed E-state index contributed by atoms with van der Waals surface area (Å²) in [6.07, 6.45) is 0.652. The summed E-state index contributed by atoms with van der Waals surface area (Å²) in [5.74, 6) is -1.01. The van der Waals surface area contributed by atoms with Gasteiger partial charge in [0.2, 0.25) is 5.91 Å². The van der Waals surface area contributed by atoms with Gasteiger partial charge in [0.25, 0.3) is 0 Å². The summed E-state index contributed by atoms with van der Waals surface area (Å²) in [5, 5.41) is 12.9. The van der Waals surface area contributed by atoms with Gasteiger partial charge in [0.15, 0.2) is 0 Å². The quantitative estimate of drug-likeness (QED) is 0.761. The van der Waals surface area contributed by atoms with Gasteiger partial charge >= 0.3 is 5.97 Å². The molecule has 0 spiro atoms. The van der Waals surface area contributed by atoms with Crippen LogP contribution in [0.5, 0.6) is 0 Å². The van der Waals surface area contributed by atoms with E-state index in [-0.39, 0.29) is 18.7 Å². The first kappa shape index (κ1) is 11.6. The van der Waals surface area contributed by atoms with Crippen molar-refractivity contribution in [3.8, 4) is 0 Å². The molecule has 2 N–H and O–H groups in total. The number of carbonyl (C=O) groups is 2. The van der Waals surface area contributed by atoms with Crippen molar-refractivity contribution < 1.29 is 14.7 Å². The number of hydrogen-bond acceptors (Lipinski definition) is 4. The molecule has 1 heterocycles. The predicted molar refractivity (Wildman–Crippen MR) is 55.4 cm³/mol. The number of aliphatic carboxylic acids is 1. The van der Waals surface area contributed by atoms with Crippen LogP contribution in [0.25, 0.3) is 0 Å². The van der Waals surface area contributed by atoms with E-state index in [2.05, 4.69) is 10.3 Å². The molecule has 0 aromatic carbocycles. The molecule has 1 rings (SSSR count). The molecule has 0 radical (unpaired) electrons. The van der Waals surface area contributed by atoms with Gasteiger partial charge in [-0.25, -0.2) is 4.98 Å². The van der Waals surface area contributed by atoms with Crippen LogP contribution in [0, 0.1) is 0 Å². The highest BCUT2D eigenvalue weighted by Gasteiger charge is 2.04. The highest BCUT2D eigenvalue weighted by Crippen LogP contribution is 2.00. The zero-order chi connectivity index (χ0) is 11.1. The normalized spacial score (nSPS) is 9.87. The summed E-state index contributed by atoms with van der Waals surface area (Å²) in [5.41, 5.74) is 2.53. The van der Waals surface area contributed by atoms with Crippen molar-refractivity contribution in [3.05, 3.63) is 16.6 Å². The van der Waals surface area contributed by atoms with Gasteiger partial charge in [0, 0.05) is 18.2 Å². The third-order valence-electron chi connectivity index (χ3n) is 1.74. The monoisotopic (exact) mass is 228 g/mol. The van der Waals surface area contributed by atoms with E-state index in [4.69, 9.17) is 5.11 Å². The lowest BCUT2D eigenvalue weighted by Crippen LogP contribution is -2.22. The predicted octanol–water partition coefficient (Wildman–Crippen LogP) is 1.01. The van der Waals surface area contributed by atoms with Crippen molar-refractivity contribution in [2.75, 3.05) is 0 Å². The van der Waals surface area contributed by atoms with Gasteiger partial charge in [-0.1, -0.05) is 0 Å². The summed E-state index contributed by atoms with van der Waals surface area (Å²) >= 11 is 1.47. The standard InChI is InChI=1S/C9H12N2O3S/c12-8(2-1-3-9(13)14)10-4-7-5-15-6-11-7/h5-6H,1-4H2,(H,10,12)(H,13,14). The second-order valence-electron chi connectivity index (χ2n) is 3.00. The number of rotatable bonds is 6. The van der Waals surface area contributed by atoms with E-state index >= 15 is 0 Å². The van der Waals surface area contributed by atoms with Gasteiger partial charge in [-0.3, -0.25) is 9.59 Å². The fraction of sp³-hybridized carbons (Fsp3) is 0.444. The lowest BCUT2D eigenvalue weighted by molar-refractivity contribution is -0.137. The number of hydrogen-bond donors (Lipinski definition) is 2. The van der Waals surface area contributed by atoms with Crippen LogP contribution in [0.3, 0.4) is 0 Å². The van der Waals surface area contributed by atoms with Crippen molar-refractivity contribution >= 4 is 23.2 Å². The first-order valence-electron chi connectivity index (χ1n) is 4.54. The average Bonchev–Trinajstić information content (AvgIpc) is 2.66. The Labute approximate surface area is 91.1 Å². The smallest absolute Gasteiger partial charge is 0.303 e. The number of carboxylic acid groups (broad SMARTS) is 1. The molecule has 1 amide bonds. The summed E-state index contributed by atoms with van der Waals surface area (Å²) in [6, 6.07) is 0. The number of amides is 1. The molecule has 82 valence electrons. The SMILES string of the molecule is O=C(O)CCCC(=O)NCc1cscn1. The Kier molecular flexibility index (Phi) is 4.76. The van der Waals surface area contributed by atoms with Crippen LogP contribution in [0.15, 0.2) is 10.9 Å². The number of thiazole rings is 1. The first-order chi connectivity index (χ1) is 7.18. The van der Waals surface area contributed by atoms with E-state index in [0.717, 1.165) is 5.69 Å². The fourth-order valence-electron chi connectivity index (χ4n) is 1.00. The largest absolute Gasteiger partial charge is 0.481 e. The molecule has 0 aliphatic rings. The van der Waals surface area contributed by atoms with Gasteiger partial charge in [-0.05, 0) is 6.42 Å². The van der Waals surface area contributed by atoms with E-state index in [1.54, 1.807) is 5.51 Å². The minimum atomic E-state index is -0.873. The van der Waals surface area contributed by atoms with Crippen molar-refractivity contribution in [2.24, 2.45) is 0 Å². The molecule has 0 saturated heterocycles. The molecule has 0 fully saturated rings. The Morgan fingerprint density at radius 3 is 2.87 bits per heavy atom. The summed E-state index contributed by atoms with van der Waals surface area (Å²) in [4.78, 5) is 25.4. The topological polar surface area (TPSA) is 79.3 Å². The summed E-state index contributed by atoms with van der Waals surface area (Å²) in [6.45, 7) is 0.412. The number of carboxylic acids is 1. The molecule has 1 aromatic heterocycles. The number of carbonyl (C=O) groups excluding carboxylic acids is 1. The lowest BCUT2D eigenvalue weighted by Gasteiger charge is -2.01. The van der Waals surface area contributed by atoms with Crippen LogP contribution in [0.4, 0.5) is 0 Å². The molecule has 15 heavy (non-hydrogen) atoms. The Hall–Kier alpha value is -1.43. The van der Waals surface area contributed by atoms with E-state index in [1.165, 1.54) is 11.3 Å². The zero-order valence-electron chi connectivity index (χ0n) is 8.10. The van der Waals surface area contributed by atoms with Gasteiger partial charge in [0.1, 0.15) is 0 Å². The van der Waals surface area contributed by atoms with E-state index in [0.29, 0.717) is 13.0 Å². The molecule has 0 unspecified atom stereocenters. The number of nitrogens with one attached hydrogen (secondary N) is 1. The molecule has 0 aliphatic heterocycles. The minimum absolute atomic E-state index is 0.0319. The van der Waals surface area contributed by atoms with Crippen LogP contribution in [-0.2, 0) is 16.1 Å². The van der Waals surface area contributed by atoms with Crippen LogP contribution < -0.4 is 5.32 Å². The van der Waals surface area contributed by atoms with Gasteiger partial charge in [-0.2, -0.15) is 0 Å². The van der Waals surface area contributed by atoms with Crippen LogP contribution >= 0.6 is 11.3 Å². The summed E-state index contributed by atoms with van der Waals surface area (Å²) in [7, 11) is 0. The molecule has 0 atom stereocenters. The van der Waals surface area contributed by atoms with Crippen molar-refractivity contribution in [2.45, 2.75) is 25.8 Å². The van der Waals surface area contributed by atoms with E-state index < -0.39 is 5.97 Å². The Bertz CT molecular complexity index is 324. The molecule has 0 aliphatic carbocycles. The second-order valence-corrected chi connectivity index (χ2v) is 3.72. The first-order valence-corrected chi connectivity index (χ1v) is 5.48. The Morgan fingerprint density at radius 2 is 2.27 bits per heavy atom. The molecule has 6 heteroatoms. The highest BCUT2D eigenvalue weighted by molar-refractivity contribution is 7.07. The Balaban J connectivity index is 2.11. The second kappa shape index (κ2) is 6.13. The van der Waals surface area contributed by atoms with Crippen LogP contribution in [0.1, 0.15) is 25.0 Å². The molecular formula is C9H12N2O3S. The molecule has 0 saturated carbocycles. The maximum absolute atomic E-state index is 11.2. The minimum Gasteiger partial charge on any atom is -0.481 e. The van der Waals surface area contributed by atoms with Crippen molar-refractivity contribution in [3.63, 3.8) is 0 Å². The zero-order valence-corrected chi connectivity index (χ0v) is 8.92. The third kappa shape index (κ3) is 5.11. The van der Waals surface area contributed by atoms with Gasteiger partial charge < -0.3 is 10.4 Å². The average molecular weight is 228 g/mol. The van der Waals surface area contributed by atoms with E-state index in [9.17, 15) is 9.59 Å². The molecule has 1 aromatic rings. The fourth-order valence-corrected chi connectivity index (χ4v) is 1.56. The maximum atomic E-state index is 11.2.